The predicted octanol–water partition coefficient (Wildman–Crippen LogP) is 1.80. The number of carbonyl (C=O) groups excluding carboxylic acids is 3. The monoisotopic (exact) mass is 256 g/mol. The van der Waals surface area contributed by atoms with Gasteiger partial charge < -0.3 is 9.47 Å². The van der Waals surface area contributed by atoms with Gasteiger partial charge in [0.2, 0.25) is 0 Å². The Morgan fingerprint density at radius 1 is 0.778 bits per heavy atom. The molecule has 0 aromatic carbocycles. The summed E-state index contributed by atoms with van der Waals surface area (Å²) in [4.78, 5) is 33.9. The summed E-state index contributed by atoms with van der Waals surface area (Å²) in [7, 11) is 0. The number of rotatable bonds is 3. The summed E-state index contributed by atoms with van der Waals surface area (Å²) >= 11 is 0. The minimum atomic E-state index is -0.998. The van der Waals surface area contributed by atoms with E-state index in [1.807, 2.05) is 0 Å². The van der Waals surface area contributed by atoms with Gasteiger partial charge in [0.15, 0.2) is 0 Å². The highest BCUT2D eigenvalue weighted by Crippen LogP contribution is 2.08. The van der Waals surface area contributed by atoms with Crippen LogP contribution in [0.1, 0.15) is 41.5 Å². The van der Waals surface area contributed by atoms with E-state index in [1.54, 1.807) is 41.5 Å². The Balaban J connectivity index is 4.40. The van der Waals surface area contributed by atoms with Crippen molar-refractivity contribution in [3.05, 3.63) is 12.2 Å². The molecule has 0 N–H and O–H groups in total. The van der Waals surface area contributed by atoms with Crippen molar-refractivity contribution in [3.63, 3.8) is 0 Å². The lowest BCUT2D eigenvalue weighted by atomic mass is 10.2. The van der Waals surface area contributed by atoms with Crippen molar-refractivity contribution in [1.29, 1.82) is 0 Å². The van der Waals surface area contributed by atoms with Crippen molar-refractivity contribution in [2.24, 2.45) is 0 Å². The van der Waals surface area contributed by atoms with Crippen molar-refractivity contribution >= 4 is 17.7 Å². The maximum absolute atomic E-state index is 11.3. The van der Waals surface area contributed by atoms with E-state index in [4.69, 9.17) is 9.47 Å². The average molecular weight is 256 g/mol. The van der Waals surface area contributed by atoms with Crippen molar-refractivity contribution in [3.8, 4) is 0 Å². The maximum Gasteiger partial charge on any atom is 0.379 e. The second-order valence-corrected chi connectivity index (χ2v) is 5.73. The van der Waals surface area contributed by atoms with Gasteiger partial charge in [-0.25, -0.2) is 9.59 Å². The second-order valence-electron chi connectivity index (χ2n) is 5.73. The van der Waals surface area contributed by atoms with Crippen LogP contribution in [-0.2, 0) is 23.9 Å². The molecular formula is C13H20O5. The predicted molar refractivity (Wildman–Crippen MR) is 65.8 cm³/mol. The molecule has 5 heteroatoms. The third-order valence-corrected chi connectivity index (χ3v) is 1.38. The Labute approximate surface area is 107 Å². The highest BCUT2D eigenvalue weighted by molar-refractivity contribution is 6.38. The zero-order valence-electron chi connectivity index (χ0n) is 11.7. The molecule has 0 saturated heterocycles. The zero-order valence-corrected chi connectivity index (χ0v) is 11.7. The van der Waals surface area contributed by atoms with Gasteiger partial charge in [0.05, 0.1) is 0 Å². The Morgan fingerprint density at radius 2 is 1.22 bits per heavy atom. The Hall–Kier alpha value is -1.65. The van der Waals surface area contributed by atoms with Crippen molar-refractivity contribution in [1.82, 2.24) is 0 Å². The molecule has 0 unspecified atom stereocenters. The minimum Gasteiger partial charge on any atom is -0.457 e. The normalized spacial score (nSPS) is 12.3. The van der Waals surface area contributed by atoms with Gasteiger partial charge >= 0.3 is 11.9 Å². The molecule has 0 spiro atoms. The Kier molecular flexibility index (Phi) is 5.27. The summed E-state index contributed by atoms with van der Waals surface area (Å²) in [6.07, 6.45) is 1.76. The van der Waals surface area contributed by atoms with Gasteiger partial charge in [-0.3, -0.25) is 4.79 Å². The molecule has 0 aliphatic rings. The molecule has 0 radical (unpaired) electrons. The van der Waals surface area contributed by atoms with Crippen LogP contribution < -0.4 is 0 Å². The molecule has 102 valence electrons. The molecule has 0 atom stereocenters. The van der Waals surface area contributed by atoms with Gasteiger partial charge in [-0.2, -0.15) is 0 Å². The molecule has 0 amide bonds. The molecule has 0 rings (SSSR count). The number of ether oxygens (including phenoxy) is 2. The van der Waals surface area contributed by atoms with Crippen LogP contribution in [0.5, 0.6) is 0 Å². The van der Waals surface area contributed by atoms with E-state index in [-0.39, 0.29) is 0 Å². The standard InChI is InChI=1S/C13H20O5/c1-12(2,3)17-10(15)8-7-9(14)11(16)18-13(4,5)6/h7-8H,1-6H3/b8-7+. The average Bonchev–Trinajstić information content (AvgIpc) is 2.08. The third-order valence-electron chi connectivity index (χ3n) is 1.38. The van der Waals surface area contributed by atoms with Gasteiger partial charge in [0.1, 0.15) is 11.2 Å². The highest BCUT2D eigenvalue weighted by atomic mass is 16.6. The lowest BCUT2D eigenvalue weighted by Crippen LogP contribution is -2.28. The summed E-state index contributed by atoms with van der Waals surface area (Å²) in [5.74, 6) is -2.57. The van der Waals surface area contributed by atoms with Gasteiger partial charge in [0.25, 0.3) is 5.78 Å². The molecule has 0 bridgehead atoms. The van der Waals surface area contributed by atoms with Crippen LogP contribution in [0.25, 0.3) is 0 Å². The Morgan fingerprint density at radius 3 is 1.61 bits per heavy atom. The molecule has 0 aliphatic heterocycles. The summed E-state index contributed by atoms with van der Waals surface area (Å²) in [6.45, 7) is 10.1. The van der Waals surface area contributed by atoms with Gasteiger partial charge in [0, 0.05) is 12.2 Å². The minimum absolute atomic E-state index is 0.642. The fourth-order valence-corrected chi connectivity index (χ4v) is 0.876. The summed E-state index contributed by atoms with van der Waals surface area (Å²) < 4.78 is 9.78. The molecule has 18 heavy (non-hydrogen) atoms. The lowest BCUT2D eigenvalue weighted by Gasteiger charge is -2.18. The van der Waals surface area contributed by atoms with E-state index in [0.717, 1.165) is 12.2 Å². The van der Waals surface area contributed by atoms with E-state index in [9.17, 15) is 14.4 Å². The molecular weight excluding hydrogens is 236 g/mol. The second kappa shape index (κ2) is 5.80. The topological polar surface area (TPSA) is 69.7 Å². The lowest BCUT2D eigenvalue weighted by molar-refractivity contribution is -0.160. The zero-order chi connectivity index (χ0) is 14.6. The third kappa shape index (κ3) is 8.50. The van der Waals surface area contributed by atoms with Gasteiger partial charge in [-0.15, -0.1) is 0 Å². The van der Waals surface area contributed by atoms with Crippen LogP contribution in [0.3, 0.4) is 0 Å². The number of hydrogen-bond donors (Lipinski definition) is 0. The Bertz CT molecular complexity index is 366. The first-order chi connectivity index (χ1) is 7.91. The van der Waals surface area contributed by atoms with Crippen molar-refractivity contribution in [2.45, 2.75) is 52.7 Å². The number of ketones is 1. The van der Waals surface area contributed by atoms with Crippen LogP contribution in [0.2, 0.25) is 0 Å². The molecule has 5 nitrogen and oxygen atoms in total. The molecule has 0 saturated carbocycles. The summed E-state index contributed by atoms with van der Waals surface area (Å²) in [5.41, 5.74) is -1.39. The summed E-state index contributed by atoms with van der Waals surface area (Å²) in [5, 5.41) is 0. The molecule has 0 aliphatic carbocycles. The summed E-state index contributed by atoms with van der Waals surface area (Å²) in [6, 6.07) is 0. The molecule has 0 fully saturated rings. The van der Waals surface area contributed by atoms with E-state index in [1.165, 1.54) is 0 Å². The van der Waals surface area contributed by atoms with E-state index in [0.29, 0.717) is 0 Å². The smallest absolute Gasteiger partial charge is 0.379 e. The van der Waals surface area contributed by atoms with Gasteiger partial charge in [-0.05, 0) is 41.5 Å². The van der Waals surface area contributed by atoms with E-state index in [2.05, 4.69) is 0 Å². The largest absolute Gasteiger partial charge is 0.457 e. The quantitative estimate of drug-likeness (QED) is 0.437. The first kappa shape index (κ1) is 16.4. The first-order valence-corrected chi connectivity index (χ1v) is 5.59. The number of hydrogen-bond acceptors (Lipinski definition) is 5. The molecule has 0 aromatic rings. The van der Waals surface area contributed by atoms with Crippen LogP contribution in [0, 0.1) is 0 Å². The van der Waals surface area contributed by atoms with Crippen LogP contribution >= 0.6 is 0 Å². The fraction of sp³-hybridized carbons (Fsp3) is 0.615. The fourth-order valence-electron chi connectivity index (χ4n) is 0.876. The van der Waals surface area contributed by atoms with Crippen molar-refractivity contribution in [2.75, 3.05) is 0 Å². The van der Waals surface area contributed by atoms with E-state index < -0.39 is 28.9 Å². The highest BCUT2D eigenvalue weighted by Gasteiger charge is 2.21. The van der Waals surface area contributed by atoms with Crippen LogP contribution in [0.15, 0.2) is 12.2 Å². The van der Waals surface area contributed by atoms with Crippen molar-refractivity contribution < 1.29 is 23.9 Å². The van der Waals surface area contributed by atoms with Crippen LogP contribution in [-0.4, -0.2) is 28.9 Å². The first-order valence-electron chi connectivity index (χ1n) is 5.59. The molecule has 0 aromatic heterocycles. The number of esters is 2. The van der Waals surface area contributed by atoms with Crippen LogP contribution in [0.4, 0.5) is 0 Å². The van der Waals surface area contributed by atoms with E-state index >= 15 is 0 Å². The number of carbonyl (C=O) groups is 3. The SMILES string of the molecule is CC(C)(C)OC(=O)/C=C/C(=O)C(=O)OC(C)(C)C. The maximum atomic E-state index is 11.3. The molecule has 0 heterocycles. The van der Waals surface area contributed by atoms with Gasteiger partial charge in [-0.1, -0.05) is 0 Å².